The monoisotopic (exact) mass is 277 g/mol. The lowest BCUT2D eigenvalue weighted by Gasteiger charge is -2.29. The predicted molar refractivity (Wildman–Crippen MR) is 71.8 cm³/mol. The van der Waals surface area contributed by atoms with Gasteiger partial charge in [-0.2, -0.15) is 0 Å². The van der Waals surface area contributed by atoms with Gasteiger partial charge in [0.15, 0.2) is 0 Å². The number of carbonyl (C=O) groups is 3. The number of benzene rings is 1. The molecular formula is C12H15N5O3. The molecule has 0 aromatic heterocycles. The summed E-state index contributed by atoms with van der Waals surface area (Å²) in [4.78, 5) is 35.0. The van der Waals surface area contributed by atoms with Crippen LogP contribution < -0.4 is 22.6 Å². The molecule has 1 atom stereocenters. The molecule has 1 aliphatic heterocycles. The Morgan fingerprint density at radius 1 is 1.25 bits per heavy atom. The molecule has 1 aromatic carbocycles. The summed E-state index contributed by atoms with van der Waals surface area (Å²) in [5.74, 6) is 4.05. The quantitative estimate of drug-likeness (QED) is 0.179. The van der Waals surface area contributed by atoms with Gasteiger partial charge in [-0.25, -0.2) is 5.84 Å². The number of rotatable bonds is 2. The SMILES string of the molecule is Nc1cccc(N)c1C(=O)N(N)C1CCC(=O)NC1=O. The highest BCUT2D eigenvalue weighted by Gasteiger charge is 2.34. The van der Waals surface area contributed by atoms with Crippen LogP contribution in [0.3, 0.4) is 0 Å². The number of hydrazine groups is 1. The Balaban J connectivity index is 2.25. The molecule has 8 heteroatoms. The van der Waals surface area contributed by atoms with Gasteiger partial charge in [0.2, 0.25) is 5.91 Å². The number of hydrogen-bond donors (Lipinski definition) is 4. The van der Waals surface area contributed by atoms with Gasteiger partial charge in [0, 0.05) is 17.8 Å². The molecule has 106 valence electrons. The van der Waals surface area contributed by atoms with Crippen molar-refractivity contribution in [3.8, 4) is 0 Å². The van der Waals surface area contributed by atoms with Gasteiger partial charge in [-0.05, 0) is 18.6 Å². The third-order valence-electron chi connectivity index (χ3n) is 3.12. The second-order valence-corrected chi connectivity index (χ2v) is 4.49. The van der Waals surface area contributed by atoms with E-state index in [4.69, 9.17) is 17.3 Å². The highest BCUT2D eigenvalue weighted by atomic mass is 16.2. The molecule has 0 bridgehead atoms. The van der Waals surface area contributed by atoms with Crippen molar-refractivity contribution in [1.82, 2.24) is 10.3 Å². The van der Waals surface area contributed by atoms with E-state index < -0.39 is 17.9 Å². The summed E-state index contributed by atoms with van der Waals surface area (Å²) in [6.07, 6.45) is 0.288. The zero-order valence-corrected chi connectivity index (χ0v) is 10.6. The Bertz CT molecular complexity index is 566. The number of amides is 3. The summed E-state index contributed by atoms with van der Waals surface area (Å²) >= 11 is 0. The highest BCUT2D eigenvalue weighted by molar-refractivity contribution is 6.07. The van der Waals surface area contributed by atoms with Crippen LogP contribution in [0.15, 0.2) is 18.2 Å². The number of imide groups is 1. The fourth-order valence-electron chi connectivity index (χ4n) is 2.05. The zero-order chi connectivity index (χ0) is 14.9. The molecule has 0 aliphatic carbocycles. The zero-order valence-electron chi connectivity index (χ0n) is 10.6. The number of hydrogen-bond acceptors (Lipinski definition) is 6. The minimum Gasteiger partial charge on any atom is -0.398 e. The van der Waals surface area contributed by atoms with Crippen LogP contribution in [-0.2, 0) is 9.59 Å². The maximum atomic E-state index is 12.3. The van der Waals surface area contributed by atoms with Crippen LogP contribution in [0.2, 0.25) is 0 Å². The fourth-order valence-corrected chi connectivity index (χ4v) is 2.05. The summed E-state index contributed by atoms with van der Waals surface area (Å²) in [5, 5.41) is 2.90. The molecule has 8 nitrogen and oxygen atoms in total. The number of carbonyl (C=O) groups excluding carboxylic acids is 3. The van der Waals surface area contributed by atoms with Crippen LogP contribution in [0.4, 0.5) is 11.4 Å². The first-order chi connectivity index (χ1) is 9.41. The highest BCUT2D eigenvalue weighted by Crippen LogP contribution is 2.22. The van der Waals surface area contributed by atoms with E-state index in [1.165, 1.54) is 12.1 Å². The van der Waals surface area contributed by atoms with Gasteiger partial charge in [-0.3, -0.25) is 24.7 Å². The number of nitrogens with zero attached hydrogens (tertiary/aromatic N) is 1. The van der Waals surface area contributed by atoms with E-state index >= 15 is 0 Å². The normalized spacial score (nSPS) is 18.6. The van der Waals surface area contributed by atoms with Gasteiger partial charge in [0.1, 0.15) is 6.04 Å². The molecule has 0 radical (unpaired) electrons. The Kier molecular flexibility index (Phi) is 3.57. The fraction of sp³-hybridized carbons (Fsp3) is 0.250. The largest absolute Gasteiger partial charge is 0.398 e. The number of nitrogens with one attached hydrogen (secondary N) is 1. The standard InChI is InChI=1S/C12H15N5O3/c13-6-2-1-3-7(14)10(6)12(20)17(15)8-4-5-9(18)16-11(8)19/h1-3,8H,4-5,13-15H2,(H,16,18,19). The van der Waals surface area contributed by atoms with Gasteiger partial charge in [0.25, 0.3) is 11.8 Å². The van der Waals surface area contributed by atoms with Crippen molar-refractivity contribution in [2.45, 2.75) is 18.9 Å². The molecule has 1 unspecified atom stereocenters. The van der Waals surface area contributed by atoms with Crippen LogP contribution in [0.1, 0.15) is 23.2 Å². The molecule has 1 aliphatic rings. The van der Waals surface area contributed by atoms with Crippen molar-refractivity contribution in [3.05, 3.63) is 23.8 Å². The van der Waals surface area contributed by atoms with E-state index in [2.05, 4.69) is 5.32 Å². The lowest BCUT2D eigenvalue weighted by atomic mass is 10.0. The second kappa shape index (κ2) is 5.17. The molecular weight excluding hydrogens is 262 g/mol. The summed E-state index contributed by atoms with van der Waals surface area (Å²) < 4.78 is 0. The molecule has 0 spiro atoms. The molecule has 7 N–H and O–H groups in total. The van der Waals surface area contributed by atoms with E-state index in [1.54, 1.807) is 6.07 Å². The van der Waals surface area contributed by atoms with Crippen LogP contribution in [0.25, 0.3) is 0 Å². The van der Waals surface area contributed by atoms with Crippen LogP contribution >= 0.6 is 0 Å². The molecule has 2 rings (SSSR count). The number of nitrogen functional groups attached to an aromatic ring is 2. The maximum Gasteiger partial charge on any atom is 0.272 e. The van der Waals surface area contributed by atoms with E-state index in [9.17, 15) is 14.4 Å². The molecule has 0 saturated carbocycles. The Morgan fingerprint density at radius 2 is 1.85 bits per heavy atom. The van der Waals surface area contributed by atoms with Crippen molar-refractivity contribution >= 4 is 29.1 Å². The summed E-state index contributed by atoms with van der Waals surface area (Å²) in [6, 6.07) is 3.72. The lowest BCUT2D eigenvalue weighted by molar-refractivity contribution is -0.136. The minimum absolute atomic E-state index is 0.0553. The Labute approximate surface area is 114 Å². The first-order valence-corrected chi connectivity index (χ1v) is 5.97. The Morgan fingerprint density at radius 3 is 2.40 bits per heavy atom. The third kappa shape index (κ3) is 2.41. The maximum absolute atomic E-state index is 12.3. The van der Waals surface area contributed by atoms with Gasteiger partial charge in [-0.1, -0.05) is 6.07 Å². The van der Waals surface area contributed by atoms with Crippen LogP contribution in [0, 0.1) is 0 Å². The molecule has 1 heterocycles. The summed E-state index contributed by atoms with van der Waals surface area (Å²) in [5.41, 5.74) is 11.8. The Hall–Kier alpha value is -2.61. The van der Waals surface area contributed by atoms with Crippen LogP contribution in [0.5, 0.6) is 0 Å². The van der Waals surface area contributed by atoms with Gasteiger partial charge in [-0.15, -0.1) is 0 Å². The van der Waals surface area contributed by atoms with E-state index in [-0.39, 0.29) is 35.7 Å². The molecule has 1 aromatic rings. The predicted octanol–water partition coefficient (Wildman–Crippen LogP) is -1.03. The second-order valence-electron chi connectivity index (χ2n) is 4.49. The summed E-state index contributed by atoms with van der Waals surface area (Å²) in [7, 11) is 0. The van der Waals surface area contributed by atoms with Crippen molar-refractivity contribution in [2.75, 3.05) is 11.5 Å². The minimum atomic E-state index is -0.917. The average molecular weight is 277 g/mol. The van der Waals surface area contributed by atoms with Crippen molar-refractivity contribution < 1.29 is 14.4 Å². The van der Waals surface area contributed by atoms with Gasteiger partial charge < -0.3 is 11.5 Å². The van der Waals surface area contributed by atoms with Crippen molar-refractivity contribution in [2.24, 2.45) is 5.84 Å². The van der Waals surface area contributed by atoms with Crippen molar-refractivity contribution in [1.29, 1.82) is 0 Å². The lowest BCUT2D eigenvalue weighted by Crippen LogP contribution is -2.57. The number of nitrogens with two attached hydrogens (primary N) is 3. The van der Waals surface area contributed by atoms with E-state index in [0.717, 1.165) is 5.01 Å². The molecule has 20 heavy (non-hydrogen) atoms. The number of anilines is 2. The van der Waals surface area contributed by atoms with Gasteiger partial charge in [0.05, 0.1) is 5.56 Å². The molecule has 1 saturated heterocycles. The summed E-state index contributed by atoms with van der Waals surface area (Å²) in [6.45, 7) is 0. The smallest absolute Gasteiger partial charge is 0.272 e. The first-order valence-electron chi connectivity index (χ1n) is 5.97. The first kappa shape index (κ1) is 13.8. The third-order valence-corrected chi connectivity index (χ3v) is 3.12. The average Bonchev–Trinajstić information content (AvgIpc) is 2.37. The van der Waals surface area contributed by atoms with Crippen LogP contribution in [-0.4, -0.2) is 28.8 Å². The van der Waals surface area contributed by atoms with Crippen molar-refractivity contribution in [3.63, 3.8) is 0 Å². The molecule has 3 amide bonds. The molecule has 1 fully saturated rings. The number of piperidine rings is 1. The van der Waals surface area contributed by atoms with E-state index in [0.29, 0.717) is 0 Å². The topological polar surface area (TPSA) is 145 Å². The van der Waals surface area contributed by atoms with E-state index in [1.807, 2.05) is 0 Å². The van der Waals surface area contributed by atoms with Gasteiger partial charge >= 0.3 is 0 Å².